The number of fused-ring (bicyclic) bond motifs is 1. The minimum Gasteiger partial charge on any atom is -0.292 e. The summed E-state index contributed by atoms with van der Waals surface area (Å²) in [6.07, 6.45) is 7.46. The molecular formula is C22H29N5. The first-order valence-corrected chi connectivity index (χ1v) is 9.86. The smallest absolute Gasteiger partial charge is 0.0967 e. The molecule has 0 spiro atoms. The van der Waals surface area contributed by atoms with Crippen molar-refractivity contribution in [2.45, 2.75) is 52.2 Å². The Kier molecular flexibility index (Phi) is 6.71. The van der Waals surface area contributed by atoms with E-state index in [-0.39, 0.29) is 0 Å². The van der Waals surface area contributed by atoms with E-state index < -0.39 is 0 Å². The van der Waals surface area contributed by atoms with Gasteiger partial charge in [0.05, 0.1) is 30.2 Å². The van der Waals surface area contributed by atoms with Crippen molar-refractivity contribution in [2.24, 2.45) is 0 Å². The van der Waals surface area contributed by atoms with Gasteiger partial charge in [-0.15, -0.1) is 5.10 Å². The van der Waals surface area contributed by atoms with E-state index in [1.807, 2.05) is 43.1 Å². The van der Waals surface area contributed by atoms with Crippen molar-refractivity contribution in [3.05, 3.63) is 77.4 Å². The first-order chi connectivity index (χ1) is 13.3. The standard InChI is InChI=1S/C20H23N5.C2H6/c1-24(19-11-5-9-17-10-6-12-21-20(17)19)14-18-15-25(23-22-18)13-16-7-3-2-4-8-16;1-2/h2-4,6-8,10,12,15,19H,5,9,11,13-14H2,1H3;1-2H3. The normalized spacial score (nSPS) is 15.8. The molecule has 0 bridgehead atoms. The molecule has 5 heteroatoms. The summed E-state index contributed by atoms with van der Waals surface area (Å²) >= 11 is 0. The molecule has 1 atom stereocenters. The summed E-state index contributed by atoms with van der Waals surface area (Å²) in [6.45, 7) is 5.54. The maximum atomic E-state index is 4.64. The Morgan fingerprint density at radius 1 is 1.11 bits per heavy atom. The van der Waals surface area contributed by atoms with E-state index in [1.54, 1.807) is 0 Å². The molecule has 0 N–H and O–H groups in total. The summed E-state index contributed by atoms with van der Waals surface area (Å²) in [6, 6.07) is 15.0. The van der Waals surface area contributed by atoms with E-state index >= 15 is 0 Å². The van der Waals surface area contributed by atoms with Crippen LogP contribution < -0.4 is 0 Å². The molecule has 0 saturated carbocycles. The first-order valence-electron chi connectivity index (χ1n) is 9.86. The molecule has 1 aromatic carbocycles. The summed E-state index contributed by atoms with van der Waals surface area (Å²) < 4.78 is 1.91. The molecule has 1 aliphatic rings. The molecule has 27 heavy (non-hydrogen) atoms. The van der Waals surface area contributed by atoms with Crippen LogP contribution in [0.1, 0.15) is 55.2 Å². The summed E-state index contributed by atoms with van der Waals surface area (Å²) in [4.78, 5) is 6.99. The SMILES string of the molecule is CC.CN(Cc1cn(Cc2ccccc2)nn1)C1CCCc2cccnc21. The lowest BCUT2D eigenvalue weighted by molar-refractivity contribution is 0.206. The molecule has 0 fully saturated rings. The zero-order chi connectivity index (χ0) is 19.1. The van der Waals surface area contributed by atoms with Crippen molar-refractivity contribution in [3.63, 3.8) is 0 Å². The lowest BCUT2D eigenvalue weighted by Crippen LogP contribution is -2.28. The average Bonchev–Trinajstić information content (AvgIpc) is 3.16. The zero-order valence-electron chi connectivity index (χ0n) is 16.5. The van der Waals surface area contributed by atoms with Gasteiger partial charge in [0.15, 0.2) is 0 Å². The Labute approximate surface area is 162 Å². The van der Waals surface area contributed by atoms with Crippen LogP contribution in [0.25, 0.3) is 0 Å². The van der Waals surface area contributed by atoms with Crippen molar-refractivity contribution in [3.8, 4) is 0 Å². The molecular weight excluding hydrogens is 334 g/mol. The number of aryl methyl sites for hydroxylation is 1. The Balaban J connectivity index is 0.00000102. The van der Waals surface area contributed by atoms with Gasteiger partial charge < -0.3 is 0 Å². The van der Waals surface area contributed by atoms with Crippen LogP contribution in [-0.4, -0.2) is 31.9 Å². The van der Waals surface area contributed by atoms with Crippen molar-refractivity contribution < 1.29 is 0 Å². The van der Waals surface area contributed by atoms with Gasteiger partial charge >= 0.3 is 0 Å². The maximum Gasteiger partial charge on any atom is 0.0967 e. The van der Waals surface area contributed by atoms with Crippen molar-refractivity contribution in [1.29, 1.82) is 0 Å². The van der Waals surface area contributed by atoms with Gasteiger partial charge in [0.25, 0.3) is 0 Å². The van der Waals surface area contributed by atoms with E-state index in [1.165, 1.54) is 23.2 Å². The fourth-order valence-electron chi connectivity index (χ4n) is 3.64. The van der Waals surface area contributed by atoms with Crippen LogP contribution >= 0.6 is 0 Å². The lowest BCUT2D eigenvalue weighted by atomic mass is 9.91. The number of hydrogen-bond donors (Lipinski definition) is 0. The van der Waals surface area contributed by atoms with Gasteiger partial charge in [0.1, 0.15) is 0 Å². The number of nitrogens with zero attached hydrogens (tertiary/aromatic N) is 5. The molecule has 3 aromatic rings. The van der Waals surface area contributed by atoms with Gasteiger partial charge in [-0.2, -0.15) is 0 Å². The summed E-state index contributed by atoms with van der Waals surface area (Å²) in [7, 11) is 2.16. The summed E-state index contributed by atoms with van der Waals surface area (Å²) in [5.74, 6) is 0. The second-order valence-corrected chi connectivity index (χ2v) is 6.76. The second-order valence-electron chi connectivity index (χ2n) is 6.76. The van der Waals surface area contributed by atoms with Crippen molar-refractivity contribution >= 4 is 0 Å². The number of pyridine rings is 1. The predicted molar refractivity (Wildman–Crippen MR) is 108 cm³/mol. The van der Waals surface area contributed by atoms with Crippen LogP contribution in [0.3, 0.4) is 0 Å². The van der Waals surface area contributed by atoms with Crippen LogP contribution in [0.4, 0.5) is 0 Å². The monoisotopic (exact) mass is 363 g/mol. The number of hydrogen-bond acceptors (Lipinski definition) is 4. The predicted octanol–water partition coefficient (Wildman–Crippen LogP) is 4.26. The highest BCUT2D eigenvalue weighted by atomic mass is 15.4. The van der Waals surface area contributed by atoms with Gasteiger partial charge in [-0.25, -0.2) is 4.68 Å². The highest BCUT2D eigenvalue weighted by molar-refractivity contribution is 5.25. The number of rotatable bonds is 5. The molecule has 0 amide bonds. The summed E-state index contributed by atoms with van der Waals surface area (Å²) in [5, 5.41) is 8.63. The zero-order valence-corrected chi connectivity index (χ0v) is 16.5. The highest BCUT2D eigenvalue weighted by Gasteiger charge is 2.25. The Hall–Kier alpha value is -2.53. The number of aromatic nitrogens is 4. The first kappa shape index (κ1) is 19.2. The van der Waals surface area contributed by atoms with Gasteiger partial charge in [-0.05, 0) is 43.5 Å². The average molecular weight is 364 g/mol. The van der Waals surface area contributed by atoms with Gasteiger partial charge in [-0.3, -0.25) is 9.88 Å². The molecule has 142 valence electrons. The molecule has 1 aliphatic carbocycles. The van der Waals surface area contributed by atoms with Gasteiger partial charge in [-0.1, -0.05) is 55.5 Å². The van der Waals surface area contributed by atoms with Gasteiger partial charge in [0.2, 0.25) is 0 Å². The molecule has 0 aliphatic heterocycles. The quantitative estimate of drug-likeness (QED) is 0.680. The third-order valence-corrected chi connectivity index (χ3v) is 4.88. The van der Waals surface area contributed by atoms with Crippen molar-refractivity contribution in [2.75, 3.05) is 7.05 Å². The third kappa shape index (κ3) is 4.80. The van der Waals surface area contributed by atoms with Crippen LogP contribution in [0.15, 0.2) is 54.9 Å². The largest absolute Gasteiger partial charge is 0.292 e. The molecule has 2 heterocycles. The van der Waals surface area contributed by atoms with Crippen LogP contribution in [0.2, 0.25) is 0 Å². The minimum absolute atomic E-state index is 0.365. The third-order valence-electron chi connectivity index (χ3n) is 4.88. The number of benzene rings is 1. The van der Waals surface area contributed by atoms with E-state index in [0.717, 1.165) is 31.6 Å². The van der Waals surface area contributed by atoms with Crippen molar-refractivity contribution in [1.82, 2.24) is 24.9 Å². The fourth-order valence-corrected chi connectivity index (χ4v) is 3.64. The fraction of sp³-hybridized carbons (Fsp3) is 0.409. The molecule has 0 radical (unpaired) electrons. The van der Waals surface area contributed by atoms with E-state index in [0.29, 0.717) is 6.04 Å². The van der Waals surface area contributed by atoms with Crippen LogP contribution in [0.5, 0.6) is 0 Å². The second kappa shape index (κ2) is 9.42. The summed E-state index contributed by atoms with van der Waals surface area (Å²) in [5.41, 5.74) is 4.85. The molecule has 1 unspecified atom stereocenters. The topological polar surface area (TPSA) is 46.8 Å². The molecule has 5 nitrogen and oxygen atoms in total. The van der Waals surface area contributed by atoms with E-state index in [9.17, 15) is 0 Å². The Morgan fingerprint density at radius 2 is 1.93 bits per heavy atom. The van der Waals surface area contributed by atoms with Crippen LogP contribution in [0, 0.1) is 0 Å². The lowest BCUT2D eigenvalue weighted by Gasteiger charge is -2.31. The Bertz CT molecular complexity index is 827. The van der Waals surface area contributed by atoms with Gasteiger partial charge in [0, 0.05) is 12.7 Å². The maximum absolute atomic E-state index is 4.64. The minimum atomic E-state index is 0.365. The van der Waals surface area contributed by atoms with E-state index in [2.05, 4.69) is 57.6 Å². The van der Waals surface area contributed by atoms with E-state index in [4.69, 9.17) is 0 Å². The molecule has 0 saturated heterocycles. The van der Waals surface area contributed by atoms with Crippen LogP contribution in [-0.2, 0) is 19.5 Å². The molecule has 2 aromatic heterocycles. The molecule has 4 rings (SSSR count). The Morgan fingerprint density at radius 3 is 2.74 bits per heavy atom. The highest BCUT2D eigenvalue weighted by Crippen LogP contribution is 2.32.